The Morgan fingerprint density at radius 2 is 1.73 bits per heavy atom. The number of thiazole rings is 1. The molecule has 1 heterocycles. The minimum absolute atomic E-state index is 0.0262. The van der Waals surface area contributed by atoms with Gasteiger partial charge in [-0.15, -0.1) is 11.3 Å². The SMILES string of the molecule is C[C@H](NC(=O)CCc1cnc(NC(=O)OCC2c3ccccc3-c3ccccc32)s1)C(=O)O. The first-order valence-corrected chi connectivity index (χ1v) is 11.3. The van der Waals surface area contributed by atoms with E-state index in [1.807, 2.05) is 24.3 Å². The molecule has 0 saturated carbocycles. The zero-order valence-corrected chi connectivity index (χ0v) is 18.7. The summed E-state index contributed by atoms with van der Waals surface area (Å²) < 4.78 is 5.51. The van der Waals surface area contributed by atoms with E-state index in [1.165, 1.54) is 18.3 Å². The molecule has 3 N–H and O–H groups in total. The number of nitrogens with one attached hydrogen (secondary N) is 2. The van der Waals surface area contributed by atoms with E-state index >= 15 is 0 Å². The number of ether oxygens (including phenoxy) is 1. The average Bonchev–Trinajstić information content (AvgIpc) is 3.38. The molecule has 170 valence electrons. The van der Waals surface area contributed by atoms with Crippen LogP contribution in [0.25, 0.3) is 11.1 Å². The predicted octanol–water partition coefficient (Wildman–Crippen LogP) is 4.03. The maximum atomic E-state index is 12.4. The van der Waals surface area contributed by atoms with Gasteiger partial charge in [0.15, 0.2) is 5.13 Å². The fourth-order valence-corrected chi connectivity index (χ4v) is 4.61. The van der Waals surface area contributed by atoms with Crippen LogP contribution in [-0.2, 0) is 20.7 Å². The second-order valence-corrected chi connectivity index (χ2v) is 8.82. The first kappa shape index (κ1) is 22.5. The molecule has 0 saturated heterocycles. The summed E-state index contributed by atoms with van der Waals surface area (Å²) >= 11 is 1.24. The van der Waals surface area contributed by atoms with Gasteiger partial charge in [-0.1, -0.05) is 48.5 Å². The number of aryl methyl sites for hydroxylation is 1. The number of benzene rings is 2. The van der Waals surface area contributed by atoms with Crippen molar-refractivity contribution in [2.24, 2.45) is 0 Å². The van der Waals surface area contributed by atoms with Crippen LogP contribution >= 0.6 is 11.3 Å². The molecule has 1 atom stereocenters. The molecule has 2 amide bonds. The molecule has 1 aromatic heterocycles. The number of rotatable bonds is 8. The van der Waals surface area contributed by atoms with Crippen LogP contribution in [0.15, 0.2) is 54.7 Å². The standard InChI is InChI=1S/C24H23N3O5S/c1-14(22(29)30)26-21(28)11-10-15-12-25-23(33-15)27-24(31)32-13-20-18-8-4-2-6-16(18)17-7-3-5-9-19(17)20/h2-9,12,14,20H,10-11,13H2,1H3,(H,26,28)(H,29,30)(H,25,27,31)/t14-/m0/s1. The Kier molecular flexibility index (Phi) is 6.69. The number of carbonyl (C=O) groups excluding carboxylic acids is 2. The molecule has 0 fully saturated rings. The molecule has 2 aromatic carbocycles. The zero-order valence-electron chi connectivity index (χ0n) is 17.9. The fraction of sp³-hybridized carbons (Fsp3) is 0.250. The van der Waals surface area contributed by atoms with E-state index in [1.54, 1.807) is 6.20 Å². The van der Waals surface area contributed by atoms with E-state index in [9.17, 15) is 14.4 Å². The summed E-state index contributed by atoms with van der Waals surface area (Å²) in [5.41, 5.74) is 4.60. The molecular weight excluding hydrogens is 442 g/mol. The van der Waals surface area contributed by atoms with Gasteiger partial charge in [0.2, 0.25) is 5.91 Å². The van der Waals surface area contributed by atoms with Gasteiger partial charge in [-0.25, -0.2) is 9.78 Å². The lowest BCUT2D eigenvalue weighted by Crippen LogP contribution is -2.38. The van der Waals surface area contributed by atoms with Gasteiger partial charge in [-0.3, -0.25) is 14.9 Å². The Bertz CT molecular complexity index is 1150. The van der Waals surface area contributed by atoms with Crippen molar-refractivity contribution in [3.63, 3.8) is 0 Å². The van der Waals surface area contributed by atoms with E-state index in [4.69, 9.17) is 9.84 Å². The van der Waals surface area contributed by atoms with Gasteiger partial charge in [0, 0.05) is 23.4 Å². The van der Waals surface area contributed by atoms with Crippen LogP contribution in [0.4, 0.5) is 9.93 Å². The van der Waals surface area contributed by atoms with Gasteiger partial charge in [0.25, 0.3) is 0 Å². The van der Waals surface area contributed by atoms with Gasteiger partial charge in [-0.2, -0.15) is 0 Å². The summed E-state index contributed by atoms with van der Waals surface area (Å²) in [6.07, 6.45) is 1.51. The van der Waals surface area contributed by atoms with Crippen LogP contribution < -0.4 is 10.6 Å². The smallest absolute Gasteiger partial charge is 0.413 e. The molecule has 8 nitrogen and oxygen atoms in total. The quantitative estimate of drug-likeness (QED) is 0.462. The number of hydrogen-bond donors (Lipinski definition) is 3. The number of amides is 2. The van der Waals surface area contributed by atoms with Crippen LogP contribution in [0.3, 0.4) is 0 Å². The maximum absolute atomic E-state index is 12.4. The largest absolute Gasteiger partial charge is 0.480 e. The number of aliphatic carboxylic acids is 1. The molecular formula is C24H23N3O5S. The Morgan fingerprint density at radius 3 is 2.36 bits per heavy atom. The highest BCUT2D eigenvalue weighted by atomic mass is 32.1. The molecule has 33 heavy (non-hydrogen) atoms. The van der Waals surface area contributed by atoms with Crippen LogP contribution in [0.5, 0.6) is 0 Å². The van der Waals surface area contributed by atoms with Crippen LogP contribution in [-0.4, -0.2) is 40.7 Å². The highest BCUT2D eigenvalue weighted by molar-refractivity contribution is 7.15. The lowest BCUT2D eigenvalue weighted by molar-refractivity contribution is -0.141. The highest BCUT2D eigenvalue weighted by Gasteiger charge is 2.29. The van der Waals surface area contributed by atoms with Crippen molar-refractivity contribution < 1.29 is 24.2 Å². The van der Waals surface area contributed by atoms with Gasteiger partial charge >= 0.3 is 12.1 Å². The number of fused-ring (bicyclic) bond motifs is 3. The third kappa shape index (κ3) is 5.20. The van der Waals surface area contributed by atoms with E-state index < -0.39 is 18.1 Å². The molecule has 3 aromatic rings. The first-order chi connectivity index (χ1) is 15.9. The molecule has 0 spiro atoms. The number of nitrogens with zero attached hydrogens (tertiary/aromatic N) is 1. The van der Waals surface area contributed by atoms with Crippen molar-refractivity contribution in [2.45, 2.75) is 31.7 Å². The van der Waals surface area contributed by atoms with Crippen LogP contribution in [0.1, 0.15) is 35.3 Å². The van der Waals surface area contributed by atoms with E-state index in [2.05, 4.69) is 39.9 Å². The summed E-state index contributed by atoms with van der Waals surface area (Å²) in [5, 5.41) is 14.3. The van der Waals surface area contributed by atoms with Gasteiger partial charge in [0.1, 0.15) is 12.6 Å². The van der Waals surface area contributed by atoms with Crippen molar-refractivity contribution in [1.82, 2.24) is 10.3 Å². The number of anilines is 1. The van der Waals surface area contributed by atoms with Gasteiger partial charge in [0.05, 0.1) is 0 Å². The first-order valence-electron chi connectivity index (χ1n) is 10.5. The third-order valence-corrected chi connectivity index (χ3v) is 6.43. The molecule has 0 aliphatic heterocycles. The van der Waals surface area contributed by atoms with Crippen molar-refractivity contribution in [1.29, 1.82) is 0 Å². The van der Waals surface area contributed by atoms with E-state index in [-0.39, 0.29) is 24.9 Å². The molecule has 1 aliphatic rings. The molecule has 1 aliphatic carbocycles. The molecule has 0 bridgehead atoms. The van der Waals surface area contributed by atoms with Crippen molar-refractivity contribution in [3.8, 4) is 11.1 Å². The highest BCUT2D eigenvalue weighted by Crippen LogP contribution is 2.44. The maximum Gasteiger partial charge on any atom is 0.413 e. The Balaban J connectivity index is 1.29. The number of hydrogen-bond acceptors (Lipinski definition) is 6. The topological polar surface area (TPSA) is 118 Å². The van der Waals surface area contributed by atoms with Crippen molar-refractivity contribution in [3.05, 3.63) is 70.7 Å². The number of carboxylic acids is 1. The number of carboxylic acid groups (broad SMARTS) is 1. The summed E-state index contributed by atoms with van der Waals surface area (Å²) in [6.45, 7) is 1.61. The minimum Gasteiger partial charge on any atom is -0.480 e. The third-order valence-electron chi connectivity index (χ3n) is 5.45. The lowest BCUT2D eigenvalue weighted by atomic mass is 9.98. The average molecular weight is 466 g/mol. The van der Waals surface area contributed by atoms with Crippen molar-refractivity contribution in [2.75, 3.05) is 11.9 Å². The number of aromatic nitrogens is 1. The monoisotopic (exact) mass is 465 g/mol. The Labute approximate surface area is 194 Å². The molecule has 0 unspecified atom stereocenters. The molecule has 9 heteroatoms. The summed E-state index contributed by atoms with van der Waals surface area (Å²) in [7, 11) is 0. The van der Waals surface area contributed by atoms with Crippen molar-refractivity contribution >= 4 is 34.4 Å². The molecule has 4 rings (SSSR count). The lowest BCUT2D eigenvalue weighted by Gasteiger charge is -2.14. The molecule has 0 radical (unpaired) electrons. The summed E-state index contributed by atoms with van der Waals surface area (Å²) in [4.78, 5) is 39.9. The fourth-order valence-electron chi connectivity index (χ4n) is 3.81. The minimum atomic E-state index is -1.09. The Morgan fingerprint density at radius 1 is 1.09 bits per heavy atom. The van der Waals surface area contributed by atoms with E-state index in [0.29, 0.717) is 11.6 Å². The van der Waals surface area contributed by atoms with Gasteiger partial charge in [-0.05, 0) is 35.6 Å². The second kappa shape index (κ2) is 9.83. The summed E-state index contributed by atoms with van der Waals surface area (Å²) in [6, 6.07) is 15.3. The Hall–Kier alpha value is -3.72. The van der Waals surface area contributed by atoms with Crippen LogP contribution in [0, 0.1) is 0 Å². The zero-order chi connectivity index (χ0) is 23.4. The van der Waals surface area contributed by atoms with Gasteiger partial charge < -0.3 is 15.2 Å². The predicted molar refractivity (Wildman–Crippen MR) is 124 cm³/mol. The number of carbonyl (C=O) groups is 3. The second-order valence-electron chi connectivity index (χ2n) is 7.71. The summed E-state index contributed by atoms with van der Waals surface area (Å²) in [5.74, 6) is -1.47. The van der Waals surface area contributed by atoms with E-state index in [0.717, 1.165) is 27.1 Å². The van der Waals surface area contributed by atoms with Crippen LogP contribution in [0.2, 0.25) is 0 Å². The normalized spacial score (nSPS) is 13.0.